The molecule has 0 bridgehead atoms. The van der Waals surface area contributed by atoms with Crippen molar-refractivity contribution in [2.24, 2.45) is 5.73 Å². The van der Waals surface area contributed by atoms with Gasteiger partial charge < -0.3 is 10.6 Å². The second-order valence-corrected chi connectivity index (χ2v) is 6.15. The van der Waals surface area contributed by atoms with Crippen LogP contribution in [0.3, 0.4) is 0 Å². The van der Waals surface area contributed by atoms with Crippen molar-refractivity contribution in [3.05, 3.63) is 41.1 Å². The van der Waals surface area contributed by atoms with Gasteiger partial charge in [0, 0.05) is 37.2 Å². The van der Waals surface area contributed by atoms with Gasteiger partial charge in [-0.05, 0) is 18.4 Å². The van der Waals surface area contributed by atoms with Crippen LogP contribution >= 0.6 is 0 Å². The zero-order valence-corrected chi connectivity index (χ0v) is 12.7. The number of rotatable bonds is 3. The predicted octanol–water partition coefficient (Wildman–Crippen LogP) is 2.85. The minimum atomic E-state index is -2.86. The quantitative estimate of drug-likeness (QED) is 0.946. The van der Waals surface area contributed by atoms with Gasteiger partial charge in [-0.3, -0.25) is 0 Å². The van der Waals surface area contributed by atoms with E-state index in [-0.39, 0.29) is 12.1 Å². The molecule has 0 spiro atoms. The third-order valence-corrected chi connectivity index (χ3v) is 4.63. The summed E-state index contributed by atoms with van der Waals surface area (Å²) in [7, 11) is 0. The molecule has 1 aliphatic carbocycles. The number of nitrogens with two attached hydrogens (primary N) is 1. The maximum absolute atomic E-state index is 14.2. The average Bonchev–Trinajstić information content (AvgIpc) is 2.81. The van der Waals surface area contributed by atoms with Gasteiger partial charge in [0.25, 0.3) is 5.92 Å². The van der Waals surface area contributed by atoms with E-state index in [0.717, 1.165) is 30.6 Å². The molecule has 1 fully saturated rings. The van der Waals surface area contributed by atoms with Crippen LogP contribution < -0.4 is 10.6 Å². The lowest BCUT2D eigenvalue weighted by Crippen LogP contribution is -2.38. The molecule has 6 heteroatoms. The average molecular weight is 316 g/mol. The highest BCUT2D eigenvalue weighted by Crippen LogP contribution is 2.44. The van der Waals surface area contributed by atoms with Crippen LogP contribution in [-0.4, -0.2) is 23.1 Å². The van der Waals surface area contributed by atoms with E-state index in [0.29, 0.717) is 30.2 Å². The van der Waals surface area contributed by atoms with E-state index in [1.165, 1.54) is 0 Å². The summed E-state index contributed by atoms with van der Waals surface area (Å²) in [5, 5.41) is 0. The fourth-order valence-electron chi connectivity index (χ4n) is 3.11. The first kappa shape index (κ1) is 14.5. The zero-order chi connectivity index (χ0) is 16.0. The molecule has 1 saturated heterocycles. The van der Waals surface area contributed by atoms with Crippen LogP contribution in [0.25, 0.3) is 11.3 Å². The Morgan fingerprint density at radius 2 is 1.87 bits per heavy atom. The molecule has 0 unspecified atom stereocenters. The number of fused-ring (bicyclic) bond motifs is 1. The monoisotopic (exact) mass is 316 g/mol. The normalized spacial score (nSPS) is 18.7. The lowest BCUT2D eigenvalue weighted by molar-refractivity contribution is -0.00593. The van der Waals surface area contributed by atoms with Crippen molar-refractivity contribution in [1.82, 2.24) is 9.97 Å². The molecule has 23 heavy (non-hydrogen) atoms. The number of anilines is 1. The molecule has 0 atom stereocenters. The topological polar surface area (TPSA) is 55.0 Å². The number of alkyl halides is 2. The number of nitrogens with zero attached hydrogens (tertiary/aromatic N) is 3. The lowest BCUT2D eigenvalue weighted by Gasteiger charge is -2.31. The number of aromatic nitrogens is 2. The standard InChI is InChI=1S/C17H18F2N4/c18-17(19)7-6-13-14(12-4-2-11(10-20)3-5-12)21-16(22-15(13)17)23-8-1-9-23/h2-5H,1,6-10,20H2. The highest BCUT2D eigenvalue weighted by atomic mass is 19.3. The van der Waals surface area contributed by atoms with Gasteiger partial charge >= 0.3 is 0 Å². The largest absolute Gasteiger partial charge is 0.341 e. The van der Waals surface area contributed by atoms with Gasteiger partial charge in [-0.1, -0.05) is 24.3 Å². The van der Waals surface area contributed by atoms with Gasteiger partial charge in [0.05, 0.1) is 5.69 Å². The fraction of sp³-hybridized carbons (Fsp3) is 0.412. The molecule has 0 amide bonds. The number of benzene rings is 1. The van der Waals surface area contributed by atoms with Crippen molar-refractivity contribution in [2.45, 2.75) is 31.7 Å². The van der Waals surface area contributed by atoms with Crippen LogP contribution in [0.2, 0.25) is 0 Å². The molecule has 1 aliphatic heterocycles. The molecule has 2 aromatic rings. The Balaban J connectivity index is 1.85. The number of hydrogen-bond donors (Lipinski definition) is 1. The van der Waals surface area contributed by atoms with E-state index in [9.17, 15) is 8.78 Å². The summed E-state index contributed by atoms with van der Waals surface area (Å²) in [4.78, 5) is 10.8. The first-order valence-electron chi connectivity index (χ1n) is 7.92. The summed E-state index contributed by atoms with van der Waals surface area (Å²) < 4.78 is 28.4. The molecular weight excluding hydrogens is 298 g/mol. The van der Waals surface area contributed by atoms with Crippen molar-refractivity contribution in [3.8, 4) is 11.3 Å². The van der Waals surface area contributed by atoms with Gasteiger partial charge in [0.2, 0.25) is 5.95 Å². The summed E-state index contributed by atoms with van der Waals surface area (Å²) in [6.45, 7) is 2.12. The molecule has 0 radical (unpaired) electrons. The van der Waals surface area contributed by atoms with Crippen molar-refractivity contribution in [2.75, 3.05) is 18.0 Å². The third-order valence-electron chi connectivity index (χ3n) is 4.63. The first-order valence-corrected chi connectivity index (χ1v) is 7.92. The lowest BCUT2D eigenvalue weighted by atomic mass is 10.0. The summed E-state index contributed by atoms with van der Waals surface area (Å²) in [6, 6.07) is 7.64. The Kier molecular flexibility index (Phi) is 3.30. The van der Waals surface area contributed by atoms with Gasteiger partial charge in [0.1, 0.15) is 5.69 Å². The minimum Gasteiger partial charge on any atom is -0.341 e. The van der Waals surface area contributed by atoms with Crippen LogP contribution in [0, 0.1) is 0 Å². The van der Waals surface area contributed by atoms with Crippen LogP contribution in [0.15, 0.2) is 24.3 Å². The van der Waals surface area contributed by atoms with Gasteiger partial charge in [-0.2, -0.15) is 8.78 Å². The summed E-state index contributed by atoms with van der Waals surface area (Å²) >= 11 is 0. The van der Waals surface area contributed by atoms with Gasteiger partial charge in [0.15, 0.2) is 0 Å². The molecule has 1 aromatic heterocycles. The number of hydrogen-bond acceptors (Lipinski definition) is 4. The Morgan fingerprint density at radius 1 is 1.13 bits per heavy atom. The Hall–Kier alpha value is -2.08. The number of halogens is 2. The molecule has 120 valence electrons. The molecule has 0 saturated carbocycles. The Bertz CT molecular complexity index is 739. The second-order valence-electron chi connectivity index (χ2n) is 6.15. The minimum absolute atomic E-state index is 0.0905. The summed E-state index contributed by atoms with van der Waals surface area (Å²) in [6.07, 6.45) is 1.18. The van der Waals surface area contributed by atoms with Crippen LogP contribution in [0.1, 0.15) is 29.7 Å². The highest BCUT2D eigenvalue weighted by Gasteiger charge is 2.43. The molecule has 1 aromatic carbocycles. The molecule has 4 nitrogen and oxygen atoms in total. The second kappa shape index (κ2) is 5.23. The highest BCUT2D eigenvalue weighted by molar-refractivity contribution is 5.67. The van der Waals surface area contributed by atoms with Crippen molar-refractivity contribution in [3.63, 3.8) is 0 Å². The predicted molar refractivity (Wildman–Crippen MR) is 84.4 cm³/mol. The molecule has 2 heterocycles. The first-order chi connectivity index (χ1) is 11.1. The van der Waals surface area contributed by atoms with E-state index < -0.39 is 5.92 Å². The summed E-state index contributed by atoms with van der Waals surface area (Å²) in [5.74, 6) is -2.43. The smallest absolute Gasteiger partial charge is 0.290 e. The van der Waals surface area contributed by atoms with Crippen LogP contribution in [-0.2, 0) is 18.9 Å². The molecule has 2 N–H and O–H groups in total. The molecule has 2 aliphatic rings. The Morgan fingerprint density at radius 3 is 2.48 bits per heavy atom. The van der Waals surface area contributed by atoms with Crippen molar-refractivity contribution < 1.29 is 8.78 Å². The maximum Gasteiger partial charge on any atom is 0.290 e. The van der Waals surface area contributed by atoms with Crippen molar-refractivity contribution in [1.29, 1.82) is 0 Å². The van der Waals surface area contributed by atoms with Gasteiger partial charge in [-0.25, -0.2) is 9.97 Å². The van der Waals surface area contributed by atoms with Crippen molar-refractivity contribution >= 4 is 5.95 Å². The van der Waals surface area contributed by atoms with E-state index in [1.54, 1.807) is 0 Å². The molecule has 4 rings (SSSR count). The van der Waals surface area contributed by atoms with E-state index in [4.69, 9.17) is 5.73 Å². The van der Waals surface area contributed by atoms with E-state index in [2.05, 4.69) is 9.97 Å². The van der Waals surface area contributed by atoms with E-state index in [1.807, 2.05) is 29.2 Å². The van der Waals surface area contributed by atoms with Gasteiger partial charge in [-0.15, -0.1) is 0 Å². The fourth-order valence-corrected chi connectivity index (χ4v) is 3.11. The molecular formula is C17H18F2N4. The van der Waals surface area contributed by atoms with Crippen LogP contribution in [0.4, 0.5) is 14.7 Å². The third kappa shape index (κ3) is 2.37. The van der Waals surface area contributed by atoms with Crippen LogP contribution in [0.5, 0.6) is 0 Å². The van der Waals surface area contributed by atoms with E-state index >= 15 is 0 Å². The SMILES string of the molecule is NCc1ccc(-c2nc(N3CCC3)nc3c2CCC3(F)F)cc1. The Labute approximate surface area is 133 Å². The maximum atomic E-state index is 14.2. The zero-order valence-electron chi connectivity index (χ0n) is 12.7. The summed E-state index contributed by atoms with van der Waals surface area (Å²) in [5.41, 5.74) is 8.61.